The van der Waals surface area contributed by atoms with Crippen LogP contribution >= 0.6 is 0 Å². The maximum Gasteiger partial charge on any atom is 0.340 e. The van der Waals surface area contributed by atoms with E-state index >= 15 is 0 Å². The molecular weight excluding hydrogens is 566 g/mol. The molecule has 1 aromatic carbocycles. The number of para-hydroxylation sites is 1. The fourth-order valence-electron chi connectivity index (χ4n) is 10.1. The SMILES string of the molecule is CNN1C2CC3C(C)(OC(=O)c4ccccc4NS(C)(=O)=O)CC[C@H](OC)C31C1C[C@@H]3[C@@H](OC)C[C@@]2(O)[C@@]1(O)[C@H]3OC. The Morgan fingerprint density at radius 3 is 2.40 bits per heavy atom. The molecule has 1 aromatic rings. The number of esters is 1. The second-order valence-corrected chi connectivity index (χ2v) is 14.8. The number of anilines is 1. The summed E-state index contributed by atoms with van der Waals surface area (Å²) in [5, 5.41) is 27.4. The number of nitrogens with zero attached hydrogens (tertiary/aromatic N) is 1. The molecule has 6 rings (SSSR count). The topological polar surface area (TPSA) is 156 Å². The Bertz CT molecular complexity index is 1360. The van der Waals surface area contributed by atoms with Crippen LogP contribution in [0.3, 0.4) is 0 Å². The smallest absolute Gasteiger partial charge is 0.340 e. The molecule has 4 N–H and O–H groups in total. The number of carbonyl (C=O) groups is 1. The number of piperidine rings is 1. The summed E-state index contributed by atoms with van der Waals surface area (Å²) in [5.74, 6) is -1.64. The molecule has 42 heavy (non-hydrogen) atoms. The van der Waals surface area contributed by atoms with Crippen LogP contribution in [0.4, 0.5) is 5.69 Å². The van der Waals surface area contributed by atoms with Gasteiger partial charge in [0, 0.05) is 45.5 Å². The molecule has 0 amide bonds. The van der Waals surface area contributed by atoms with Crippen LogP contribution in [0.5, 0.6) is 0 Å². The van der Waals surface area contributed by atoms with E-state index in [2.05, 4.69) is 15.2 Å². The van der Waals surface area contributed by atoms with Crippen molar-refractivity contribution in [2.45, 2.75) is 85.7 Å². The van der Waals surface area contributed by atoms with E-state index in [1.807, 2.05) is 14.0 Å². The molecule has 5 aliphatic rings. The van der Waals surface area contributed by atoms with E-state index in [1.165, 1.54) is 12.1 Å². The van der Waals surface area contributed by atoms with Crippen molar-refractivity contribution in [3.8, 4) is 0 Å². The van der Waals surface area contributed by atoms with Crippen LogP contribution in [0.1, 0.15) is 49.4 Å². The van der Waals surface area contributed by atoms with Crippen molar-refractivity contribution in [3.05, 3.63) is 29.8 Å². The molecule has 3 aliphatic carbocycles. The van der Waals surface area contributed by atoms with E-state index < -0.39 is 56.4 Å². The summed E-state index contributed by atoms with van der Waals surface area (Å²) in [7, 11) is 3.04. The summed E-state index contributed by atoms with van der Waals surface area (Å²) < 4.78 is 50.9. The molecule has 4 bridgehead atoms. The summed E-state index contributed by atoms with van der Waals surface area (Å²) in [6, 6.07) is 5.80. The van der Waals surface area contributed by atoms with E-state index in [9.17, 15) is 23.4 Å². The van der Waals surface area contributed by atoms with Gasteiger partial charge in [-0.15, -0.1) is 0 Å². The normalized spacial score (nSPS) is 45.9. The van der Waals surface area contributed by atoms with Crippen LogP contribution < -0.4 is 10.1 Å². The minimum absolute atomic E-state index is 0.107. The van der Waals surface area contributed by atoms with Gasteiger partial charge in [-0.2, -0.15) is 0 Å². The maximum absolute atomic E-state index is 13.8. The second-order valence-electron chi connectivity index (χ2n) is 13.0. The van der Waals surface area contributed by atoms with Crippen LogP contribution in [0.15, 0.2) is 24.3 Å². The molecule has 0 aromatic heterocycles. The molecule has 2 saturated heterocycles. The fourth-order valence-corrected chi connectivity index (χ4v) is 10.7. The summed E-state index contributed by atoms with van der Waals surface area (Å²) >= 11 is 0. The van der Waals surface area contributed by atoms with E-state index in [0.717, 1.165) is 6.26 Å². The number of ether oxygens (including phenoxy) is 4. The third-order valence-electron chi connectivity index (χ3n) is 11.4. The fraction of sp³-hybridized carbons (Fsp3) is 0.759. The number of hydrazine groups is 1. The number of nitrogens with one attached hydrogen (secondary N) is 2. The number of methoxy groups -OCH3 is 3. The lowest BCUT2D eigenvalue weighted by Crippen LogP contribution is -2.85. The summed E-state index contributed by atoms with van der Waals surface area (Å²) in [5.41, 5.74) is -1.44. The summed E-state index contributed by atoms with van der Waals surface area (Å²) in [6.45, 7) is 1.91. The number of hydrogen-bond donors (Lipinski definition) is 4. The first-order valence-corrected chi connectivity index (χ1v) is 16.5. The lowest BCUT2D eigenvalue weighted by Gasteiger charge is -2.67. The first-order chi connectivity index (χ1) is 19.8. The zero-order valence-corrected chi connectivity index (χ0v) is 25.8. The summed E-state index contributed by atoms with van der Waals surface area (Å²) in [6.07, 6.45) is 1.94. The van der Waals surface area contributed by atoms with Gasteiger partial charge in [-0.25, -0.2) is 18.2 Å². The van der Waals surface area contributed by atoms with Gasteiger partial charge < -0.3 is 29.2 Å². The van der Waals surface area contributed by atoms with E-state index in [0.29, 0.717) is 25.7 Å². The lowest BCUT2D eigenvalue weighted by atomic mass is 9.54. The monoisotopic (exact) mass is 609 g/mol. The third kappa shape index (κ3) is 3.71. The van der Waals surface area contributed by atoms with Crippen LogP contribution in [-0.4, -0.2) is 111 Å². The van der Waals surface area contributed by atoms with Crippen LogP contribution in [0.25, 0.3) is 0 Å². The number of fused-ring (bicyclic) bond motifs is 3. The number of benzene rings is 1. The molecule has 1 spiro atoms. The van der Waals surface area contributed by atoms with Crippen molar-refractivity contribution in [1.29, 1.82) is 0 Å². The number of carbonyl (C=O) groups excluding carboxylic acids is 1. The van der Waals surface area contributed by atoms with Gasteiger partial charge in [0.15, 0.2) is 0 Å². The Morgan fingerprint density at radius 1 is 1.07 bits per heavy atom. The number of hydrogen-bond acceptors (Lipinski definition) is 11. The largest absolute Gasteiger partial charge is 0.455 e. The molecular formula is C29H43N3O9S. The highest BCUT2D eigenvalue weighted by atomic mass is 32.2. The van der Waals surface area contributed by atoms with Crippen molar-refractivity contribution in [2.75, 3.05) is 39.4 Å². The highest BCUT2D eigenvalue weighted by Crippen LogP contribution is 2.72. The Morgan fingerprint density at radius 2 is 1.79 bits per heavy atom. The van der Waals surface area contributed by atoms with Gasteiger partial charge in [-0.05, 0) is 51.8 Å². The van der Waals surface area contributed by atoms with Crippen LogP contribution in [-0.2, 0) is 29.0 Å². The summed E-state index contributed by atoms with van der Waals surface area (Å²) in [4.78, 5) is 13.8. The number of sulfonamides is 1. The van der Waals surface area contributed by atoms with Crippen molar-refractivity contribution in [2.24, 2.45) is 17.8 Å². The van der Waals surface area contributed by atoms with Crippen molar-refractivity contribution >= 4 is 21.7 Å². The van der Waals surface area contributed by atoms with Gasteiger partial charge in [0.2, 0.25) is 10.0 Å². The Labute approximate surface area is 247 Å². The predicted octanol–water partition coefficient (Wildman–Crippen LogP) is 0.892. The highest BCUT2D eigenvalue weighted by Gasteiger charge is 2.86. The van der Waals surface area contributed by atoms with Crippen molar-refractivity contribution in [1.82, 2.24) is 10.4 Å². The number of rotatable bonds is 8. The van der Waals surface area contributed by atoms with Gasteiger partial charge in [-0.3, -0.25) is 10.1 Å². The zero-order valence-electron chi connectivity index (χ0n) is 25.0. The molecule has 13 heteroatoms. The molecule has 5 fully saturated rings. The standard InChI is InChI=1S/C29H43N3O9S/c1-26(41-25(33)16-9-7-8-10-18(16)31-42(6,36)37)12-11-23(39-4)28-20(26)14-22(32(28)30-2)27(34)15-19(38-3)17-13-21(28)29(27,35)24(17)40-5/h7-10,17,19-24,30-31,34-35H,11-15H2,1-6H3/t17-,19+,20?,21?,22?,23+,24+,26?,27+,28?,29+/m1/s1. The minimum atomic E-state index is -3.64. The average Bonchev–Trinajstić information content (AvgIpc) is 3.41. The van der Waals surface area contributed by atoms with Gasteiger partial charge in [0.25, 0.3) is 0 Å². The molecule has 2 aliphatic heterocycles. The highest BCUT2D eigenvalue weighted by molar-refractivity contribution is 7.92. The first-order valence-electron chi connectivity index (χ1n) is 14.6. The molecule has 12 nitrogen and oxygen atoms in total. The van der Waals surface area contributed by atoms with E-state index in [1.54, 1.807) is 33.5 Å². The van der Waals surface area contributed by atoms with Gasteiger partial charge in [-0.1, -0.05) is 12.1 Å². The molecule has 0 radical (unpaired) electrons. The Hall–Kier alpha value is -1.84. The van der Waals surface area contributed by atoms with E-state index in [-0.39, 0.29) is 41.7 Å². The molecule has 3 saturated carbocycles. The molecule has 5 unspecified atom stereocenters. The quantitative estimate of drug-likeness (QED) is 0.311. The minimum Gasteiger partial charge on any atom is -0.455 e. The maximum atomic E-state index is 13.8. The lowest BCUT2D eigenvalue weighted by molar-refractivity contribution is -0.328. The molecule has 11 atom stereocenters. The third-order valence-corrected chi connectivity index (χ3v) is 12.0. The molecule has 234 valence electrons. The zero-order chi connectivity index (χ0) is 30.5. The van der Waals surface area contributed by atoms with E-state index in [4.69, 9.17) is 18.9 Å². The molecule has 2 heterocycles. The second kappa shape index (κ2) is 9.83. The first kappa shape index (κ1) is 30.2. The van der Waals surface area contributed by atoms with Crippen LogP contribution in [0.2, 0.25) is 0 Å². The Balaban J connectivity index is 1.46. The average molecular weight is 610 g/mol. The van der Waals surface area contributed by atoms with Crippen molar-refractivity contribution < 1.29 is 42.4 Å². The van der Waals surface area contributed by atoms with Gasteiger partial charge >= 0.3 is 5.97 Å². The van der Waals surface area contributed by atoms with Gasteiger partial charge in [0.1, 0.15) is 16.8 Å². The predicted molar refractivity (Wildman–Crippen MR) is 152 cm³/mol. The Kier molecular flexibility index (Phi) is 7.07. The van der Waals surface area contributed by atoms with Crippen molar-refractivity contribution in [3.63, 3.8) is 0 Å². The van der Waals surface area contributed by atoms with Gasteiger partial charge in [0.05, 0.1) is 47.4 Å². The number of aliphatic hydroxyl groups is 2. The van der Waals surface area contributed by atoms with Crippen LogP contribution in [0, 0.1) is 17.8 Å².